The lowest BCUT2D eigenvalue weighted by Gasteiger charge is -2.28. The lowest BCUT2D eigenvalue weighted by atomic mass is 10.1. The second kappa shape index (κ2) is 8.64. The van der Waals surface area contributed by atoms with Crippen molar-refractivity contribution in [2.24, 2.45) is 0 Å². The molecule has 0 spiro atoms. The Hall–Kier alpha value is -2.89. The molecule has 6 nitrogen and oxygen atoms in total. The number of benzene rings is 2. The maximum Gasteiger partial charge on any atom is 0.231 e. The Morgan fingerprint density at radius 1 is 1.17 bits per heavy atom. The summed E-state index contributed by atoms with van der Waals surface area (Å²) >= 11 is 0. The van der Waals surface area contributed by atoms with Crippen LogP contribution in [0, 0.1) is 0 Å². The van der Waals surface area contributed by atoms with Gasteiger partial charge < -0.3 is 24.0 Å². The van der Waals surface area contributed by atoms with Gasteiger partial charge in [0.2, 0.25) is 12.7 Å². The highest BCUT2D eigenvalue weighted by molar-refractivity contribution is 5.74. The van der Waals surface area contributed by atoms with E-state index in [1.807, 2.05) is 35.2 Å². The molecule has 2 heterocycles. The summed E-state index contributed by atoms with van der Waals surface area (Å²) in [5.41, 5.74) is 2.23. The molecule has 6 heteroatoms. The first-order valence-electron chi connectivity index (χ1n) is 10.3. The van der Waals surface area contributed by atoms with Crippen LogP contribution in [0.4, 0.5) is 5.69 Å². The smallest absolute Gasteiger partial charge is 0.231 e. The van der Waals surface area contributed by atoms with Crippen LogP contribution in [0.1, 0.15) is 32.3 Å². The topological polar surface area (TPSA) is 51.2 Å². The highest BCUT2D eigenvalue weighted by Crippen LogP contribution is 2.33. The predicted octanol–water partition coefficient (Wildman–Crippen LogP) is 3.83. The summed E-state index contributed by atoms with van der Waals surface area (Å²) in [6.07, 6.45) is 1.96. The van der Waals surface area contributed by atoms with Gasteiger partial charge in [-0.3, -0.25) is 4.79 Å². The Labute approximate surface area is 172 Å². The number of carbonyl (C=O) groups excluding carboxylic acids is 1. The quantitative estimate of drug-likeness (QED) is 0.712. The zero-order valence-corrected chi connectivity index (χ0v) is 17.1. The van der Waals surface area contributed by atoms with Crippen LogP contribution in [-0.2, 0) is 11.3 Å². The average molecular weight is 396 g/mol. The first-order valence-corrected chi connectivity index (χ1v) is 10.3. The molecule has 4 rings (SSSR count). The minimum atomic E-state index is 0.0952. The molecule has 0 aromatic heterocycles. The third-order valence-corrected chi connectivity index (χ3v) is 5.47. The molecular weight excluding hydrogens is 368 g/mol. The molecule has 2 aromatic rings. The number of nitrogens with zero attached hydrogens (tertiary/aromatic N) is 2. The minimum Gasteiger partial charge on any atom is -0.494 e. The Bertz CT molecular complexity index is 852. The maximum absolute atomic E-state index is 12.4. The highest BCUT2D eigenvalue weighted by atomic mass is 16.7. The lowest BCUT2D eigenvalue weighted by molar-refractivity contribution is -0.131. The van der Waals surface area contributed by atoms with E-state index in [0.717, 1.165) is 55.4 Å². The summed E-state index contributed by atoms with van der Waals surface area (Å²) in [5, 5.41) is 0. The summed E-state index contributed by atoms with van der Waals surface area (Å²) in [5.74, 6) is 2.52. The number of anilines is 1. The standard InChI is InChI=1S/C23H28N2O4/c1-3-12-27-21-7-5-19(6-8-21)24-11-10-20(15-24)25(17(2)26)14-18-4-9-22-23(13-18)29-16-28-22/h4-9,13,20H,3,10-12,14-16H2,1-2H3. The molecule has 2 aliphatic heterocycles. The Morgan fingerprint density at radius 2 is 1.97 bits per heavy atom. The summed E-state index contributed by atoms with van der Waals surface area (Å²) in [6.45, 7) is 7.09. The van der Waals surface area contributed by atoms with Gasteiger partial charge in [0, 0.05) is 32.2 Å². The zero-order chi connectivity index (χ0) is 20.2. The van der Waals surface area contributed by atoms with Gasteiger partial charge in [0.05, 0.1) is 12.6 Å². The van der Waals surface area contributed by atoms with Crippen LogP contribution in [-0.4, -0.2) is 43.3 Å². The van der Waals surface area contributed by atoms with Crippen LogP contribution >= 0.6 is 0 Å². The van der Waals surface area contributed by atoms with Crippen molar-refractivity contribution in [3.05, 3.63) is 48.0 Å². The fourth-order valence-electron chi connectivity index (χ4n) is 3.94. The predicted molar refractivity (Wildman–Crippen MR) is 112 cm³/mol. The van der Waals surface area contributed by atoms with E-state index in [-0.39, 0.29) is 18.7 Å². The first-order chi connectivity index (χ1) is 14.1. The zero-order valence-electron chi connectivity index (χ0n) is 17.1. The van der Waals surface area contributed by atoms with Crippen molar-refractivity contribution in [3.8, 4) is 17.2 Å². The van der Waals surface area contributed by atoms with Gasteiger partial charge in [-0.05, 0) is 54.8 Å². The number of carbonyl (C=O) groups is 1. The molecule has 2 aliphatic rings. The van der Waals surface area contributed by atoms with Crippen molar-refractivity contribution in [3.63, 3.8) is 0 Å². The van der Waals surface area contributed by atoms with Gasteiger partial charge in [-0.1, -0.05) is 13.0 Å². The normalized spacial score (nSPS) is 17.4. The van der Waals surface area contributed by atoms with Gasteiger partial charge in [0.25, 0.3) is 0 Å². The molecule has 29 heavy (non-hydrogen) atoms. The van der Waals surface area contributed by atoms with Crippen LogP contribution in [0.15, 0.2) is 42.5 Å². The number of rotatable bonds is 7. The van der Waals surface area contributed by atoms with Gasteiger partial charge in [-0.15, -0.1) is 0 Å². The van der Waals surface area contributed by atoms with Gasteiger partial charge in [0.15, 0.2) is 11.5 Å². The van der Waals surface area contributed by atoms with Crippen molar-refractivity contribution in [2.75, 3.05) is 31.4 Å². The minimum absolute atomic E-state index is 0.0952. The first kappa shape index (κ1) is 19.4. The van der Waals surface area contributed by atoms with E-state index in [0.29, 0.717) is 6.54 Å². The summed E-state index contributed by atoms with van der Waals surface area (Å²) in [4.78, 5) is 16.7. The summed E-state index contributed by atoms with van der Waals surface area (Å²) < 4.78 is 16.5. The van der Waals surface area contributed by atoms with Crippen LogP contribution in [0.3, 0.4) is 0 Å². The van der Waals surface area contributed by atoms with E-state index in [1.165, 1.54) is 5.69 Å². The summed E-state index contributed by atoms with van der Waals surface area (Å²) in [6, 6.07) is 14.3. The number of amides is 1. The van der Waals surface area contributed by atoms with Gasteiger partial charge in [-0.25, -0.2) is 0 Å². The van der Waals surface area contributed by atoms with E-state index in [2.05, 4.69) is 24.0 Å². The molecule has 1 atom stereocenters. The molecule has 0 saturated carbocycles. The van der Waals surface area contributed by atoms with E-state index in [1.54, 1.807) is 6.92 Å². The molecule has 0 bridgehead atoms. The van der Waals surface area contributed by atoms with E-state index in [4.69, 9.17) is 14.2 Å². The van der Waals surface area contributed by atoms with Crippen molar-refractivity contribution in [1.29, 1.82) is 0 Å². The number of hydrogen-bond donors (Lipinski definition) is 0. The molecule has 0 radical (unpaired) electrons. The molecule has 0 N–H and O–H groups in total. The van der Waals surface area contributed by atoms with Crippen molar-refractivity contribution < 1.29 is 19.0 Å². The van der Waals surface area contributed by atoms with Crippen molar-refractivity contribution in [1.82, 2.24) is 4.90 Å². The molecule has 1 amide bonds. The van der Waals surface area contributed by atoms with Crippen LogP contribution in [0.2, 0.25) is 0 Å². The van der Waals surface area contributed by atoms with Gasteiger partial charge >= 0.3 is 0 Å². The molecule has 1 fully saturated rings. The van der Waals surface area contributed by atoms with E-state index >= 15 is 0 Å². The SMILES string of the molecule is CCCOc1ccc(N2CCC(N(Cc3ccc4c(c3)OCO4)C(C)=O)C2)cc1. The van der Waals surface area contributed by atoms with Gasteiger partial charge in [0.1, 0.15) is 5.75 Å². The third kappa shape index (κ3) is 4.42. The molecule has 2 aromatic carbocycles. The largest absolute Gasteiger partial charge is 0.494 e. The molecular formula is C23H28N2O4. The summed E-state index contributed by atoms with van der Waals surface area (Å²) in [7, 11) is 0. The second-order valence-electron chi connectivity index (χ2n) is 7.57. The Morgan fingerprint density at radius 3 is 2.72 bits per heavy atom. The average Bonchev–Trinajstić information content (AvgIpc) is 3.40. The molecule has 1 saturated heterocycles. The lowest BCUT2D eigenvalue weighted by Crippen LogP contribution is -2.40. The van der Waals surface area contributed by atoms with Crippen LogP contribution in [0.25, 0.3) is 0 Å². The number of ether oxygens (including phenoxy) is 3. The Kier molecular flexibility index (Phi) is 5.79. The van der Waals surface area contributed by atoms with Crippen LogP contribution < -0.4 is 19.1 Å². The fraction of sp³-hybridized carbons (Fsp3) is 0.435. The molecule has 1 unspecified atom stereocenters. The fourth-order valence-corrected chi connectivity index (χ4v) is 3.94. The van der Waals surface area contributed by atoms with Crippen molar-refractivity contribution >= 4 is 11.6 Å². The van der Waals surface area contributed by atoms with E-state index in [9.17, 15) is 4.79 Å². The Balaban J connectivity index is 1.41. The molecule has 154 valence electrons. The highest BCUT2D eigenvalue weighted by Gasteiger charge is 2.30. The monoisotopic (exact) mass is 396 g/mol. The maximum atomic E-state index is 12.4. The molecule has 0 aliphatic carbocycles. The third-order valence-electron chi connectivity index (χ3n) is 5.47. The number of hydrogen-bond acceptors (Lipinski definition) is 5. The van der Waals surface area contributed by atoms with Gasteiger partial charge in [-0.2, -0.15) is 0 Å². The second-order valence-corrected chi connectivity index (χ2v) is 7.57. The van der Waals surface area contributed by atoms with Crippen LogP contribution in [0.5, 0.6) is 17.2 Å². The number of fused-ring (bicyclic) bond motifs is 1. The van der Waals surface area contributed by atoms with Crippen molar-refractivity contribution in [2.45, 2.75) is 39.3 Å². The van der Waals surface area contributed by atoms with E-state index < -0.39 is 0 Å².